The topological polar surface area (TPSA) is 120 Å². The van der Waals surface area contributed by atoms with Crippen LogP contribution in [0.3, 0.4) is 0 Å². The van der Waals surface area contributed by atoms with Crippen LogP contribution in [-0.4, -0.2) is 23.1 Å². The van der Waals surface area contributed by atoms with E-state index in [9.17, 15) is 19.5 Å². The first-order valence-corrected chi connectivity index (χ1v) is 12.6. The Labute approximate surface area is 232 Å². The quantitative estimate of drug-likeness (QED) is 0.154. The summed E-state index contributed by atoms with van der Waals surface area (Å²) in [7, 11) is 0. The Morgan fingerprint density at radius 1 is 0.579 bits per heavy atom. The lowest BCUT2D eigenvalue weighted by Gasteiger charge is -2.12. The number of carboxylic acid groups (broad SMARTS) is 1. The first-order valence-electron chi connectivity index (χ1n) is 11.1. The van der Waals surface area contributed by atoms with Crippen LogP contribution in [-0.2, 0) is 0 Å². The van der Waals surface area contributed by atoms with E-state index in [1.54, 1.807) is 78.9 Å². The first-order chi connectivity index (χ1) is 18.2. The average molecular weight is 567 g/mol. The molecule has 0 spiro atoms. The zero-order chi connectivity index (χ0) is 27.1. The summed E-state index contributed by atoms with van der Waals surface area (Å²) in [5.41, 5.74) is 1.79. The van der Waals surface area contributed by atoms with E-state index in [-0.39, 0.29) is 11.3 Å². The van der Waals surface area contributed by atoms with Crippen LogP contribution >= 0.6 is 35.0 Å². The predicted octanol–water partition coefficient (Wildman–Crippen LogP) is 8.13. The smallest absolute Gasteiger partial charge is 0.337 e. The molecule has 4 amide bonds. The highest BCUT2D eigenvalue weighted by Gasteiger charge is 2.14. The van der Waals surface area contributed by atoms with E-state index in [1.165, 1.54) is 23.9 Å². The number of aromatic carboxylic acids is 1. The third-order valence-electron chi connectivity index (χ3n) is 5.02. The SMILES string of the molecule is O=C(Nc1ccc(Cl)cc1)Nc1ccc(Sc2ccc(NC(=O)Nc3ccc(Cl)cc3)c(C(=O)O)c2)cc1. The Balaban J connectivity index is 1.37. The Morgan fingerprint density at radius 2 is 1.00 bits per heavy atom. The molecule has 0 aliphatic rings. The van der Waals surface area contributed by atoms with Gasteiger partial charge in [-0.25, -0.2) is 14.4 Å². The Bertz CT molecular complexity index is 1460. The molecule has 0 aromatic heterocycles. The van der Waals surface area contributed by atoms with E-state index in [1.807, 2.05) is 0 Å². The summed E-state index contributed by atoms with van der Waals surface area (Å²) < 4.78 is 0. The Morgan fingerprint density at radius 3 is 1.47 bits per heavy atom. The van der Waals surface area contributed by atoms with Gasteiger partial charge < -0.3 is 26.4 Å². The van der Waals surface area contributed by atoms with Crippen molar-refractivity contribution in [2.75, 3.05) is 21.3 Å². The van der Waals surface area contributed by atoms with Crippen LogP contribution in [0, 0.1) is 0 Å². The van der Waals surface area contributed by atoms with Gasteiger partial charge in [-0.15, -0.1) is 0 Å². The van der Waals surface area contributed by atoms with Crippen molar-refractivity contribution in [1.82, 2.24) is 0 Å². The van der Waals surface area contributed by atoms with Crippen LogP contribution in [0.5, 0.6) is 0 Å². The summed E-state index contributed by atoms with van der Waals surface area (Å²) in [5.74, 6) is -1.18. The molecular weight excluding hydrogens is 547 g/mol. The van der Waals surface area contributed by atoms with Crippen molar-refractivity contribution in [3.8, 4) is 0 Å². The number of carbonyl (C=O) groups excluding carboxylic acids is 2. The molecule has 8 nitrogen and oxygen atoms in total. The number of anilines is 4. The fraction of sp³-hybridized carbons (Fsp3) is 0. The molecule has 0 radical (unpaired) electrons. The van der Waals surface area contributed by atoms with Gasteiger partial charge in [-0.2, -0.15) is 0 Å². The van der Waals surface area contributed by atoms with Gasteiger partial charge in [-0.05, 0) is 91.0 Å². The van der Waals surface area contributed by atoms with Crippen molar-refractivity contribution in [1.29, 1.82) is 0 Å². The van der Waals surface area contributed by atoms with E-state index < -0.39 is 18.0 Å². The lowest BCUT2D eigenvalue weighted by molar-refractivity contribution is 0.0697. The fourth-order valence-electron chi connectivity index (χ4n) is 3.26. The van der Waals surface area contributed by atoms with Crippen LogP contribution in [0.2, 0.25) is 10.0 Å². The van der Waals surface area contributed by atoms with Gasteiger partial charge in [0.05, 0.1) is 11.3 Å². The molecule has 4 rings (SSSR count). The van der Waals surface area contributed by atoms with Crippen molar-refractivity contribution < 1.29 is 19.5 Å². The predicted molar refractivity (Wildman–Crippen MR) is 152 cm³/mol. The monoisotopic (exact) mass is 566 g/mol. The maximum atomic E-state index is 12.3. The second-order valence-electron chi connectivity index (χ2n) is 7.81. The molecule has 0 saturated carbocycles. The lowest BCUT2D eigenvalue weighted by Crippen LogP contribution is -2.21. The van der Waals surface area contributed by atoms with Gasteiger partial charge in [-0.3, -0.25) is 0 Å². The van der Waals surface area contributed by atoms with Gasteiger partial charge in [-0.1, -0.05) is 35.0 Å². The van der Waals surface area contributed by atoms with Crippen LogP contribution in [0.25, 0.3) is 0 Å². The van der Waals surface area contributed by atoms with Crippen LogP contribution in [0.4, 0.5) is 32.3 Å². The summed E-state index contributed by atoms with van der Waals surface area (Å²) in [6.07, 6.45) is 0. The van der Waals surface area contributed by atoms with Crippen molar-refractivity contribution in [2.24, 2.45) is 0 Å². The minimum atomic E-state index is -1.18. The highest BCUT2D eigenvalue weighted by molar-refractivity contribution is 7.99. The average Bonchev–Trinajstić information content (AvgIpc) is 2.88. The van der Waals surface area contributed by atoms with Gasteiger partial charge >= 0.3 is 18.0 Å². The summed E-state index contributed by atoms with van der Waals surface area (Å²) in [6.45, 7) is 0. The molecule has 0 aliphatic heterocycles. The number of benzene rings is 4. The van der Waals surface area contributed by atoms with Gasteiger partial charge in [0, 0.05) is 36.9 Å². The van der Waals surface area contributed by atoms with Crippen molar-refractivity contribution in [2.45, 2.75) is 9.79 Å². The van der Waals surface area contributed by atoms with Gasteiger partial charge in [0.15, 0.2) is 0 Å². The maximum absolute atomic E-state index is 12.3. The number of hydrogen-bond acceptors (Lipinski definition) is 4. The normalized spacial score (nSPS) is 10.4. The Hall–Kier alpha value is -4.18. The zero-order valence-electron chi connectivity index (χ0n) is 19.5. The summed E-state index contributed by atoms with van der Waals surface area (Å²) in [5, 5.41) is 21.4. The highest BCUT2D eigenvalue weighted by atomic mass is 35.5. The van der Waals surface area contributed by atoms with Crippen molar-refractivity contribution in [3.05, 3.63) is 107 Å². The summed E-state index contributed by atoms with van der Waals surface area (Å²) >= 11 is 13.0. The standard InChI is InChI=1S/C27H20Cl2N4O4S/c28-16-1-5-18(6-2-16)30-26(36)31-20-9-11-21(12-10-20)38-22-13-14-24(23(15-22)25(34)35)33-27(37)32-19-7-3-17(29)4-8-19/h1-15H,(H,34,35)(H2,30,31,36)(H2,32,33,37). The number of carboxylic acids is 1. The first kappa shape index (κ1) is 26.9. The molecule has 0 atom stereocenters. The van der Waals surface area contributed by atoms with Crippen LogP contribution in [0.15, 0.2) is 101 Å². The van der Waals surface area contributed by atoms with E-state index >= 15 is 0 Å². The number of rotatable bonds is 7. The number of nitrogens with one attached hydrogen (secondary N) is 4. The van der Waals surface area contributed by atoms with Gasteiger partial charge in [0.25, 0.3) is 0 Å². The van der Waals surface area contributed by atoms with E-state index in [0.717, 1.165) is 4.90 Å². The number of hydrogen-bond donors (Lipinski definition) is 5. The molecular formula is C27H20Cl2N4O4S. The molecule has 0 bridgehead atoms. The third kappa shape index (κ3) is 7.66. The molecule has 192 valence electrons. The molecule has 0 fully saturated rings. The second kappa shape index (κ2) is 12.4. The number of urea groups is 2. The second-order valence-corrected chi connectivity index (χ2v) is 9.83. The number of carbonyl (C=O) groups is 3. The van der Waals surface area contributed by atoms with Crippen LogP contribution < -0.4 is 21.3 Å². The lowest BCUT2D eigenvalue weighted by atomic mass is 10.2. The van der Waals surface area contributed by atoms with Crippen molar-refractivity contribution >= 4 is 75.7 Å². The molecule has 11 heteroatoms. The number of halogens is 2. The molecule has 0 unspecified atom stereocenters. The number of amides is 4. The minimum absolute atomic E-state index is 0.0570. The largest absolute Gasteiger partial charge is 0.478 e. The van der Waals surface area contributed by atoms with Gasteiger partial charge in [0.2, 0.25) is 0 Å². The van der Waals surface area contributed by atoms with Gasteiger partial charge in [0.1, 0.15) is 0 Å². The summed E-state index contributed by atoms with van der Waals surface area (Å²) in [4.78, 5) is 37.9. The molecule has 0 heterocycles. The summed E-state index contributed by atoms with van der Waals surface area (Å²) in [6, 6.07) is 24.1. The molecule has 4 aromatic rings. The Kier molecular flexibility index (Phi) is 8.75. The fourth-order valence-corrected chi connectivity index (χ4v) is 4.37. The van der Waals surface area contributed by atoms with E-state index in [4.69, 9.17) is 23.2 Å². The van der Waals surface area contributed by atoms with E-state index in [0.29, 0.717) is 32.0 Å². The highest BCUT2D eigenvalue weighted by Crippen LogP contribution is 2.31. The maximum Gasteiger partial charge on any atom is 0.337 e. The van der Waals surface area contributed by atoms with Crippen LogP contribution in [0.1, 0.15) is 10.4 Å². The molecule has 0 saturated heterocycles. The zero-order valence-corrected chi connectivity index (χ0v) is 21.8. The molecule has 38 heavy (non-hydrogen) atoms. The van der Waals surface area contributed by atoms with Crippen molar-refractivity contribution in [3.63, 3.8) is 0 Å². The molecule has 4 aromatic carbocycles. The third-order valence-corrected chi connectivity index (χ3v) is 6.52. The molecule has 0 aliphatic carbocycles. The van der Waals surface area contributed by atoms with E-state index in [2.05, 4.69) is 21.3 Å². The molecule has 5 N–H and O–H groups in total. The minimum Gasteiger partial charge on any atom is -0.478 e.